The molecule has 2 aromatic heterocycles. The van der Waals surface area contributed by atoms with Gasteiger partial charge in [-0.2, -0.15) is 0 Å². The van der Waals surface area contributed by atoms with E-state index in [-0.39, 0.29) is 71.3 Å². The minimum atomic E-state index is 0. The molecular weight excluding hydrogens is 338 g/mol. The maximum Gasteiger partial charge on any atom is 4.00 e. The summed E-state index contributed by atoms with van der Waals surface area (Å²) in [4.78, 5) is 7.57. The van der Waals surface area contributed by atoms with Crippen LogP contribution in [-0.4, -0.2) is 9.97 Å². The molecule has 0 aliphatic heterocycles. The zero-order valence-corrected chi connectivity index (χ0v) is 13.3. The van der Waals surface area contributed by atoms with Gasteiger partial charge in [0, 0.05) is 24.8 Å². The van der Waals surface area contributed by atoms with E-state index >= 15 is 0 Å². The molecule has 0 atom stereocenters. The third-order valence-electron chi connectivity index (χ3n) is 1.13. The number of nitrogens with zero attached hydrogens (tertiary/aromatic N) is 2. The van der Waals surface area contributed by atoms with Crippen molar-refractivity contribution in [3.8, 4) is 0 Å². The summed E-state index contributed by atoms with van der Waals surface area (Å²) in [5.74, 6) is 0. The van der Waals surface area contributed by atoms with Crippen LogP contribution in [0.3, 0.4) is 0 Å². The van der Waals surface area contributed by atoms with E-state index in [1.165, 1.54) is 0 Å². The molecule has 0 fully saturated rings. The van der Waals surface area contributed by atoms with Crippen LogP contribution in [0.25, 0.3) is 0 Å². The van der Waals surface area contributed by atoms with E-state index in [1.807, 2.05) is 36.4 Å². The summed E-state index contributed by atoms with van der Waals surface area (Å²) in [6.07, 6.45) is 7.00. The Morgan fingerprint density at radius 3 is 0.706 bits per heavy atom. The first-order chi connectivity index (χ1) is 6.00. The molecule has 0 amide bonds. The molecular formula is C10H10Cl4N2Ti. The van der Waals surface area contributed by atoms with Crippen LogP contribution in [0, 0.1) is 0 Å². The third-order valence-corrected chi connectivity index (χ3v) is 1.13. The molecule has 0 spiro atoms. The first-order valence-corrected chi connectivity index (χ1v) is 3.70. The van der Waals surface area contributed by atoms with Gasteiger partial charge in [-0.05, 0) is 24.3 Å². The van der Waals surface area contributed by atoms with Gasteiger partial charge in [0.1, 0.15) is 0 Å². The smallest absolute Gasteiger partial charge is 1.00 e. The second-order valence-corrected chi connectivity index (χ2v) is 2.05. The van der Waals surface area contributed by atoms with Gasteiger partial charge in [0.25, 0.3) is 0 Å². The van der Waals surface area contributed by atoms with Crippen molar-refractivity contribution in [3.63, 3.8) is 0 Å². The third kappa shape index (κ3) is 21.9. The minimum Gasteiger partial charge on any atom is -1.00 e. The van der Waals surface area contributed by atoms with Gasteiger partial charge in [-0.25, -0.2) is 0 Å². The van der Waals surface area contributed by atoms with E-state index in [1.54, 1.807) is 24.8 Å². The van der Waals surface area contributed by atoms with E-state index in [0.717, 1.165) is 0 Å². The van der Waals surface area contributed by atoms with E-state index in [4.69, 9.17) is 0 Å². The maximum atomic E-state index is 3.78. The summed E-state index contributed by atoms with van der Waals surface area (Å²) in [6.45, 7) is 0. The van der Waals surface area contributed by atoms with E-state index in [9.17, 15) is 0 Å². The first-order valence-electron chi connectivity index (χ1n) is 3.70. The molecule has 2 rings (SSSR count). The summed E-state index contributed by atoms with van der Waals surface area (Å²) >= 11 is 0. The van der Waals surface area contributed by atoms with Crippen molar-refractivity contribution in [3.05, 3.63) is 61.2 Å². The van der Waals surface area contributed by atoms with Crippen molar-refractivity contribution in [2.75, 3.05) is 0 Å². The predicted molar refractivity (Wildman–Crippen MR) is 48.5 cm³/mol. The van der Waals surface area contributed by atoms with Crippen LogP contribution in [0.1, 0.15) is 0 Å². The number of rotatable bonds is 0. The van der Waals surface area contributed by atoms with E-state index in [2.05, 4.69) is 9.97 Å². The largest absolute Gasteiger partial charge is 4.00 e. The van der Waals surface area contributed by atoms with Crippen LogP contribution in [0.2, 0.25) is 0 Å². The molecule has 2 nitrogen and oxygen atoms in total. The van der Waals surface area contributed by atoms with Crippen LogP contribution in [0.4, 0.5) is 0 Å². The summed E-state index contributed by atoms with van der Waals surface area (Å²) in [5.41, 5.74) is 0. The van der Waals surface area contributed by atoms with Gasteiger partial charge in [0.05, 0.1) is 0 Å². The average Bonchev–Trinajstić information content (AvgIpc) is 2.24. The Hall–Kier alpha value is 0.174. The molecule has 2 heterocycles. The topological polar surface area (TPSA) is 25.8 Å². The number of pyridine rings is 2. The molecule has 0 aliphatic carbocycles. The average molecular weight is 348 g/mol. The van der Waals surface area contributed by atoms with Crippen LogP contribution in [-0.2, 0) is 21.7 Å². The van der Waals surface area contributed by atoms with Crippen molar-refractivity contribution in [2.45, 2.75) is 0 Å². The van der Waals surface area contributed by atoms with Crippen LogP contribution in [0.15, 0.2) is 61.2 Å². The molecule has 0 N–H and O–H groups in total. The number of hydrogen-bond donors (Lipinski definition) is 0. The van der Waals surface area contributed by atoms with Gasteiger partial charge >= 0.3 is 21.7 Å². The minimum absolute atomic E-state index is 0. The van der Waals surface area contributed by atoms with Gasteiger partial charge in [0.2, 0.25) is 0 Å². The maximum absolute atomic E-state index is 3.78. The Balaban J connectivity index is -0.0000000436. The number of aromatic nitrogens is 2. The summed E-state index contributed by atoms with van der Waals surface area (Å²) in [5, 5.41) is 0. The SMILES string of the molecule is [Cl-].[Cl-].[Cl-].[Cl-].[Ti+4].c1ccncc1.c1ccncc1. The number of halogens is 4. The fraction of sp³-hybridized carbons (Fsp3) is 0. The molecule has 0 saturated heterocycles. The van der Waals surface area contributed by atoms with Crippen molar-refractivity contribution >= 4 is 0 Å². The molecule has 0 radical (unpaired) electrons. The van der Waals surface area contributed by atoms with Crippen LogP contribution in [0.5, 0.6) is 0 Å². The van der Waals surface area contributed by atoms with E-state index < -0.39 is 0 Å². The van der Waals surface area contributed by atoms with Crippen molar-refractivity contribution < 1.29 is 71.3 Å². The molecule has 7 heteroatoms. The van der Waals surface area contributed by atoms with Gasteiger partial charge in [0.15, 0.2) is 0 Å². The van der Waals surface area contributed by atoms with Crippen molar-refractivity contribution in [1.29, 1.82) is 0 Å². The Kier molecular flexibility index (Phi) is 44.8. The Bertz CT molecular complexity index is 202. The normalized spacial score (nSPS) is 5.65. The second-order valence-electron chi connectivity index (χ2n) is 2.05. The first kappa shape index (κ1) is 30.3. The fourth-order valence-corrected chi connectivity index (χ4v) is 0.625. The zero-order chi connectivity index (χ0) is 8.49. The van der Waals surface area contributed by atoms with Crippen LogP contribution < -0.4 is 49.6 Å². The summed E-state index contributed by atoms with van der Waals surface area (Å²) in [6, 6.07) is 11.4. The molecule has 0 aliphatic rings. The van der Waals surface area contributed by atoms with Gasteiger partial charge in [-0.15, -0.1) is 0 Å². The summed E-state index contributed by atoms with van der Waals surface area (Å²) < 4.78 is 0. The molecule has 17 heavy (non-hydrogen) atoms. The quantitative estimate of drug-likeness (QED) is 0.442. The van der Waals surface area contributed by atoms with Gasteiger partial charge < -0.3 is 49.6 Å². The molecule has 0 unspecified atom stereocenters. The Labute approximate surface area is 142 Å². The molecule has 0 aromatic carbocycles. The Morgan fingerprint density at radius 1 is 0.412 bits per heavy atom. The Morgan fingerprint density at radius 2 is 0.647 bits per heavy atom. The van der Waals surface area contributed by atoms with Gasteiger partial charge in [-0.1, -0.05) is 12.1 Å². The standard InChI is InChI=1S/2C5H5N.4ClH.Ti/c2*1-2-4-6-5-3-1;;;;;/h2*1-5H;4*1H;/q;;;;;;+4/p-4. The molecule has 2 aromatic rings. The summed E-state index contributed by atoms with van der Waals surface area (Å²) in [7, 11) is 0. The van der Waals surface area contributed by atoms with Crippen LogP contribution >= 0.6 is 0 Å². The van der Waals surface area contributed by atoms with E-state index in [0.29, 0.717) is 0 Å². The number of hydrogen-bond acceptors (Lipinski definition) is 2. The van der Waals surface area contributed by atoms with Gasteiger partial charge in [-0.3, -0.25) is 9.97 Å². The zero-order valence-electron chi connectivity index (χ0n) is 8.68. The van der Waals surface area contributed by atoms with Crippen molar-refractivity contribution in [2.24, 2.45) is 0 Å². The molecule has 0 bridgehead atoms. The monoisotopic (exact) mass is 346 g/mol. The van der Waals surface area contributed by atoms with Crippen molar-refractivity contribution in [1.82, 2.24) is 9.97 Å². The molecule has 92 valence electrons. The predicted octanol–water partition coefficient (Wildman–Crippen LogP) is -9.82. The second kappa shape index (κ2) is 25.1. The molecule has 0 saturated carbocycles. The fourth-order valence-electron chi connectivity index (χ4n) is 0.625.